The third-order valence-corrected chi connectivity index (χ3v) is 5.02. The van der Waals surface area contributed by atoms with Crippen LogP contribution in [0.5, 0.6) is 5.75 Å². The van der Waals surface area contributed by atoms with Crippen LogP contribution in [-0.4, -0.2) is 60.3 Å². The summed E-state index contributed by atoms with van der Waals surface area (Å²) in [4.78, 5) is 4.83. The standard InChI is InChI=1S/C22H30N2O2/c1-18-6-5-9-22(14-18)26-17-21(25)16-24-12-10-23(11-13-24)15-20-8-4-3-7-19(20)2/h3-9,14,21,25H,10-13,15-17H2,1-2H3. The van der Waals surface area contributed by atoms with E-state index < -0.39 is 6.10 Å². The normalized spacial score (nSPS) is 17.2. The molecule has 1 aliphatic rings. The number of ether oxygens (including phenoxy) is 1. The summed E-state index contributed by atoms with van der Waals surface area (Å²) in [6.07, 6.45) is -0.460. The van der Waals surface area contributed by atoms with E-state index in [0.29, 0.717) is 13.2 Å². The van der Waals surface area contributed by atoms with Gasteiger partial charge in [0.2, 0.25) is 0 Å². The number of hydrogen-bond acceptors (Lipinski definition) is 4. The molecule has 0 radical (unpaired) electrons. The van der Waals surface area contributed by atoms with Gasteiger partial charge in [0, 0.05) is 39.3 Å². The summed E-state index contributed by atoms with van der Waals surface area (Å²) in [5, 5.41) is 10.3. The van der Waals surface area contributed by atoms with Crippen molar-refractivity contribution in [1.82, 2.24) is 9.80 Å². The van der Waals surface area contributed by atoms with Gasteiger partial charge >= 0.3 is 0 Å². The molecule has 1 heterocycles. The van der Waals surface area contributed by atoms with Crippen LogP contribution >= 0.6 is 0 Å². The third kappa shape index (κ3) is 5.56. The van der Waals surface area contributed by atoms with E-state index in [0.717, 1.165) is 38.5 Å². The first-order chi connectivity index (χ1) is 12.6. The maximum absolute atomic E-state index is 10.3. The Bertz CT molecular complexity index is 696. The lowest BCUT2D eigenvalue weighted by Gasteiger charge is -2.35. The van der Waals surface area contributed by atoms with Gasteiger partial charge in [-0.1, -0.05) is 36.4 Å². The van der Waals surface area contributed by atoms with E-state index >= 15 is 0 Å². The second kappa shape index (κ2) is 9.17. The van der Waals surface area contributed by atoms with Crippen LogP contribution in [0.2, 0.25) is 0 Å². The molecule has 4 heteroatoms. The molecule has 0 spiro atoms. The van der Waals surface area contributed by atoms with E-state index in [9.17, 15) is 5.11 Å². The van der Waals surface area contributed by atoms with E-state index in [1.165, 1.54) is 16.7 Å². The van der Waals surface area contributed by atoms with Crippen LogP contribution in [0.4, 0.5) is 0 Å². The van der Waals surface area contributed by atoms with Crippen LogP contribution in [0.3, 0.4) is 0 Å². The Hall–Kier alpha value is -1.88. The van der Waals surface area contributed by atoms with Crippen molar-refractivity contribution >= 4 is 0 Å². The zero-order valence-corrected chi connectivity index (χ0v) is 15.9. The van der Waals surface area contributed by atoms with Gasteiger partial charge in [0.1, 0.15) is 18.5 Å². The molecule has 2 aromatic carbocycles. The molecule has 1 N–H and O–H groups in total. The Morgan fingerprint density at radius 2 is 1.69 bits per heavy atom. The Morgan fingerprint density at radius 3 is 2.42 bits per heavy atom. The first-order valence-electron chi connectivity index (χ1n) is 9.47. The minimum Gasteiger partial charge on any atom is -0.491 e. The molecule has 0 aliphatic carbocycles. The average Bonchev–Trinajstić information content (AvgIpc) is 2.64. The SMILES string of the molecule is Cc1cccc(OCC(O)CN2CCN(Cc3ccccc3C)CC2)c1. The fourth-order valence-corrected chi connectivity index (χ4v) is 3.41. The Balaban J connectivity index is 1.39. The van der Waals surface area contributed by atoms with Gasteiger partial charge in [-0.05, 0) is 42.7 Å². The number of aliphatic hydroxyl groups is 1. The summed E-state index contributed by atoms with van der Waals surface area (Å²) in [5.74, 6) is 0.826. The lowest BCUT2D eigenvalue weighted by molar-refractivity contribution is 0.0446. The number of aliphatic hydroxyl groups excluding tert-OH is 1. The van der Waals surface area contributed by atoms with Crippen LogP contribution in [0.15, 0.2) is 48.5 Å². The minimum atomic E-state index is -0.460. The molecule has 3 rings (SSSR count). The Morgan fingerprint density at radius 1 is 0.962 bits per heavy atom. The molecule has 1 saturated heterocycles. The molecular weight excluding hydrogens is 324 g/mol. The maximum Gasteiger partial charge on any atom is 0.119 e. The molecule has 1 aliphatic heterocycles. The van der Waals surface area contributed by atoms with Crippen LogP contribution in [0.25, 0.3) is 0 Å². The van der Waals surface area contributed by atoms with Crippen molar-refractivity contribution in [3.05, 3.63) is 65.2 Å². The predicted molar refractivity (Wildman–Crippen MR) is 106 cm³/mol. The molecule has 2 aromatic rings. The van der Waals surface area contributed by atoms with Gasteiger partial charge in [0.25, 0.3) is 0 Å². The number of rotatable bonds is 7. The van der Waals surface area contributed by atoms with E-state index in [2.05, 4.69) is 41.0 Å². The van der Waals surface area contributed by atoms with E-state index in [1.807, 2.05) is 31.2 Å². The van der Waals surface area contributed by atoms with E-state index in [4.69, 9.17) is 4.74 Å². The second-order valence-electron chi connectivity index (χ2n) is 7.28. The van der Waals surface area contributed by atoms with Gasteiger partial charge in [-0.3, -0.25) is 9.80 Å². The molecule has 140 valence electrons. The smallest absolute Gasteiger partial charge is 0.119 e. The monoisotopic (exact) mass is 354 g/mol. The third-order valence-electron chi connectivity index (χ3n) is 5.02. The summed E-state index contributed by atoms with van der Waals surface area (Å²) in [6.45, 7) is 10.3. The van der Waals surface area contributed by atoms with Gasteiger partial charge in [0.05, 0.1) is 0 Å². The topological polar surface area (TPSA) is 35.9 Å². The van der Waals surface area contributed by atoms with Crippen molar-refractivity contribution in [1.29, 1.82) is 0 Å². The summed E-state index contributed by atoms with van der Waals surface area (Å²) >= 11 is 0. The summed E-state index contributed by atoms with van der Waals surface area (Å²) in [7, 11) is 0. The summed E-state index contributed by atoms with van der Waals surface area (Å²) < 4.78 is 5.72. The fraction of sp³-hybridized carbons (Fsp3) is 0.455. The maximum atomic E-state index is 10.3. The van der Waals surface area contributed by atoms with Gasteiger partial charge in [0.15, 0.2) is 0 Å². The lowest BCUT2D eigenvalue weighted by atomic mass is 10.1. The number of benzene rings is 2. The van der Waals surface area contributed by atoms with Gasteiger partial charge < -0.3 is 9.84 Å². The first kappa shape index (κ1) is 18.9. The highest BCUT2D eigenvalue weighted by molar-refractivity contribution is 5.27. The predicted octanol–water partition coefficient (Wildman–Crippen LogP) is 2.86. The summed E-state index contributed by atoms with van der Waals surface area (Å²) in [5.41, 5.74) is 3.94. The van der Waals surface area contributed by atoms with Crippen LogP contribution < -0.4 is 4.74 Å². The van der Waals surface area contributed by atoms with Gasteiger partial charge in [-0.25, -0.2) is 0 Å². The van der Waals surface area contributed by atoms with Gasteiger partial charge in [-0.15, -0.1) is 0 Å². The quantitative estimate of drug-likeness (QED) is 0.829. The molecule has 0 amide bonds. The first-order valence-corrected chi connectivity index (χ1v) is 9.47. The molecule has 0 aromatic heterocycles. The van der Waals surface area contributed by atoms with E-state index in [1.54, 1.807) is 0 Å². The van der Waals surface area contributed by atoms with Crippen LogP contribution in [-0.2, 0) is 6.54 Å². The number of nitrogens with zero attached hydrogens (tertiary/aromatic N) is 2. The average molecular weight is 354 g/mol. The van der Waals surface area contributed by atoms with Gasteiger partial charge in [-0.2, -0.15) is 0 Å². The molecule has 1 fully saturated rings. The Kier molecular flexibility index (Phi) is 6.67. The fourth-order valence-electron chi connectivity index (χ4n) is 3.41. The molecular formula is C22H30N2O2. The van der Waals surface area contributed by atoms with Crippen molar-refractivity contribution in [2.75, 3.05) is 39.3 Å². The highest BCUT2D eigenvalue weighted by Gasteiger charge is 2.20. The van der Waals surface area contributed by atoms with E-state index in [-0.39, 0.29) is 0 Å². The highest BCUT2D eigenvalue weighted by Crippen LogP contribution is 2.14. The summed E-state index contributed by atoms with van der Waals surface area (Å²) in [6, 6.07) is 16.6. The van der Waals surface area contributed by atoms with Crippen LogP contribution in [0, 0.1) is 13.8 Å². The van der Waals surface area contributed by atoms with Crippen LogP contribution in [0.1, 0.15) is 16.7 Å². The molecule has 1 atom stereocenters. The number of piperazine rings is 1. The number of hydrogen-bond donors (Lipinski definition) is 1. The zero-order valence-electron chi connectivity index (χ0n) is 15.9. The van der Waals surface area contributed by atoms with Crippen molar-refractivity contribution in [3.63, 3.8) is 0 Å². The molecule has 0 bridgehead atoms. The molecule has 0 saturated carbocycles. The Labute approximate surface area is 157 Å². The van der Waals surface area contributed by atoms with Crippen molar-refractivity contribution < 1.29 is 9.84 Å². The minimum absolute atomic E-state index is 0.340. The second-order valence-corrected chi connectivity index (χ2v) is 7.28. The highest BCUT2D eigenvalue weighted by atomic mass is 16.5. The number of β-amino-alcohol motifs (C(OH)–C–C–N with tert-alkyl or cyclic N) is 1. The largest absolute Gasteiger partial charge is 0.491 e. The van der Waals surface area contributed by atoms with Crippen molar-refractivity contribution in [2.24, 2.45) is 0 Å². The molecule has 26 heavy (non-hydrogen) atoms. The van der Waals surface area contributed by atoms with Crippen molar-refractivity contribution in [3.8, 4) is 5.75 Å². The van der Waals surface area contributed by atoms with Crippen molar-refractivity contribution in [2.45, 2.75) is 26.5 Å². The lowest BCUT2D eigenvalue weighted by Crippen LogP contribution is -2.48. The molecule has 4 nitrogen and oxygen atoms in total. The molecule has 1 unspecified atom stereocenters. The zero-order chi connectivity index (χ0) is 18.4. The number of aryl methyl sites for hydroxylation is 2.